The molecule has 0 bridgehead atoms. The summed E-state index contributed by atoms with van der Waals surface area (Å²) in [4.78, 5) is 11.3. The molecule has 0 aliphatic rings. The molecule has 1 N–H and O–H groups in total. The Bertz CT molecular complexity index is 699. The largest absolute Gasteiger partial charge is 0.332 e. The standard InChI is InChI=1S/C13H10FNO3S/c14-19(17,18)12-9-5-4-8-11(12)13(16)15-10-6-2-1-3-7-10/h1-9H,(H,15,16). The lowest BCUT2D eigenvalue weighted by Crippen LogP contribution is -2.15. The number of amides is 1. The summed E-state index contributed by atoms with van der Waals surface area (Å²) in [5, 5.41) is 2.50. The van der Waals surface area contributed by atoms with Crippen LogP contribution in [0.4, 0.5) is 9.57 Å². The van der Waals surface area contributed by atoms with Crippen LogP contribution in [0.5, 0.6) is 0 Å². The molecule has 0 saturated carbocycles. The molecular weight excluding hydrogens is 269 g/mol. The van der Waals surface area contributed by atoms with E-state index in [1.165, 1.54) is 18.2 Å². The highest BCUT2D eigenvalue weighted by molar-refractivity contribution is 7.86. The van der Waals surface area contributed by atoms with Gasteiger partial charge in [0.1, 0.15) is 4.90 Å². The quantitative estimate of drug-likeness (QED) is 0.878. The molecule has 0 fully saturated rings. The molecule has 0 spiro atoms. The molecule has 0 unspecified atom stereocenters. The second-order valence-corrected chi connectivity index (χ2v) is 5.07. The fourth-order valence-electron chi connectivity index (χ4n) is 1.59. The van der Waals surface area contributed by atoms with Gasteiger partial charge in [0.25, 0.3) is 5.91 Å². The van der Waals surface area contributed by atoms with Crippen LogP contribution in [0.15, 0.2) is 59.5 Å². The van der Waals surface area contributed by atoms with Crippen LogP contribution in [-0.4, -0.2) is 14.3 Å². The van der Waals surface area contributed by atoms with Crippen molar-refractivity contribution in [1.82, 2.24) is 0 Å². The molecule has 0 aliphatic heterocycles. The predicted molar refractivity (Wildman–Crippen MR) is 69.1 cm³/mol. The summed E-state index contributed by atoms with van der Waals surface area (Å²) in [7, 11) is -4.93. The Morgan fingerprint density at radius 2 is 1.53 bits per heavy atom. The van der Waals surface area contributed by atoms with Gasteiger partial charge in [-0.2, -0.15) is 8.42 Å². The van der Waals surface area contributed by atoms with E-state index in [1.54, 1.807) is 30.3 Å². The SMILES string of the molecule is O=C(Nc1ccccc1)c1ccccc1S(=O)(=O)F. The first kappa shape index (κ1) is 13.2. The first-order chi connectivity index (χ1) is 8.98. The fourth-order valence-corrected chi connectivity index (χ4v) is 2.25. The van der Waals surface area contributed by atoms with Gasteiger partial charge in [0.2, 0.25) is 0 Å². The maximum absolute atomic E-state index is 13.1. The van der Waals surface area contributed by atoms with Crippen LogP contribution < -0.4 is 5.32 Å². The molecule has 1 amide bonds. The van der Waals surface area contributed by atoms with Gasteiger partial charge in [0.15, 0.2) is 0 Å². The number of hydrogen-bond acceptors (Lipinski definition) is 3. The van der Waals surface area contributed by atoms with Gasteiger partial charge in [0.05, 0.1) is 5.56 Å². The van der Waals surface area contributed by atoms with Gasteiger partial charge in [-0.05, 0) is 24.3 Å². The Labute approximate surface area is 110 Å². The summed E-state index contributed by atoms with van der Waals surface area (Å²) >= 11 is 0. The van der Waals surface area contributed by atoms with Crippen LogP contribution in [0.25, 0.3) is 0 Å². The van der Waals surface area contributed by atoms with Crippen LogP contribution >= 0.6 is 0 Å². The second kappa shape index (κ2) is 5.19. The number of nitrogens with one attached hydrogen (secondary N) is 1. The van der Waals surface area contributed by atoms with Crippen molar-refractivity contribution in [2.75, 3.05) is 5.32 Å². The van der Waals surface area contributed by atoms with Crippen molar-refractivity contribution in [2.24, 2.45) is 0 Å². The zero-order chi connectivity index (χ0) is 13.9. The summed E-state index contributed by atoms with van der Waals surface area (Å²) < 4.78 is 35.0. The third-order valence-electron chi connectivity index (χ3n) is 2.43. The van der Waals surface area contributed by atoms with Gasteiger partial charge in [-0.25, -0.2) is 0 Å². The summed E-state index contributed by atoms with van der Waals surface area (Å²) in [5.41, 5.74) is 0.271. The van der Waals surface area contributed by atoms with E-state index in [0.717, 1.165) is 6.07 Å². The van der Waals surface area contributed by atoms with Crippen molar-refractivity contribution < 1.29 is 17.1 Å². The molecule has 0 heterocycles. The van der Waals surface area contributed by atoms with Crippen LogP contribution in [0.2, 0.25) is 0 Å². The number of anilines is 1. The van der Waals surface area contributed by atoms with Gasteiger partial charge in [0, 0.05) is 5.69 Å². The molecule has 0 atom stereocenters. The minimum absolute atomic E-state index is 0.228. The monoisotopic (exact) mass is 279 g/mol. The van der Waals surface area contributed by atoms with E-state index in [2.05, 4.69) is 5.32 Å². The van der Waals surface area contributed by atoms with Gasteiger partial charge in [-0.1, -0.05) is 30.3 Å². The van der Waals surface area contributed by atoms with E-state index < -0.39 is 21.0 Å². The van der Waals surface area contributed by atoms with E-state index in [-0.39, 0.29) is 5.56 Å². The Kier molecular flexibility index (Phi) is 3.62. The summed E-state index contributed by atoms with van der Waals surface area (Å²) in [6.45, 7) is 0. The predicted octanol–water partition coefficient (Wildman–Crippen LogP) is 2.60. The molecule has 0 aliphatic carbocycles. The van der Waals surface area contributed by atoms with E-state index in [4.69, 9.17) is 0 Å². The number of hydrogen-bond donors (Lipinski definition) is 1. The van der Waals surface area contributed by atoms with E-state index in [0.29, 0.717) is 5.69 Å². The summed E-state index contributed by atoms with van der Waals surface area (Å²) in [6.07, 6.45) is 0. The molecule has 2 rings (SSSR count). The van der Waals surface area contributed by atoms with E-state index >= 15 is 0 Å². The van der Waals surface area contributed by atoms with Crippen LogP contribution in [0, 0.1) is 0 Å². The minimum atomic E-state index is -4.93. The third-order valence-corrected chi connectivity index (χ3v) is 3.31. The lowest BCUT2D eigenvalue weighted by molar-refractivity contribution is 0.102. The topological polar surface area (TPSA) is 63.2 Å². The number of carbonyl (C=O) groups is 1. The molecule has 0 saturated heterocycles. The summed E-state index contributed by atoms with van der Waals surface area (Å²) in [6, 6.07) is 13.6. The fraction of sp³-hybridized carbons (Fsp3) is 0. The molecule has 2 aromatic carbocycles. The maximum Gasteiger partial charge on any atom is 0.332 e. The molecule has 19 heavy (non-hydrogen) atoms. The highest BCUT2D eigenvalue weighted by atomic mass is 32.3. The van der Waals surface area contributed by atoms with Crippen LogP contribution in [-0.2, 0) is 10.2 Å². The number of halogens is 1. The molecule has 2 aromatic rings. The molecule has 0 radical (unpaired) electrons. The zero-order valence-corrected chi connectivity index (χ0v) is 10.5. The molecule has 0 aromatic heterocycles. The summed E-state index contributed by atoms with van der Waals surface area (Å²) in [5.74, 6) is -0.678. The van der Waals surface area contributed by atoms with Gasteiger partial charge in [-0.15, -0.1) is 3.89 Å². The lowest BCUT2D eigenvalue weighted by atomic mass is 10.2. The van der Waals surface area contributed by atoms with E-state index in [9.17, 15) is 17.1 Å². The zero-order valence-electron chi connectivity index (χ0n) is 9.71. The Balaban J connectivity index is 2.35. The Hall–Kier alpha value is -2.21. The van der Waals surface area contributed by atoms with Gasteiger partial charge >= 0.3 is 10.2 Å². The van der Waals surface area contributed by atoms with Crippen molar-refractivity contribution in [3.05, 3.63) is 60.2 Å². The number of para-hydroxylation sites is 1. The smallest absolute Gasteiger partial charge is 0.322 e. The molecule has 6 heteroatoms. The van der Waals surface area contributed by atoms with Crippen molar-refractivity contribution in [2.45, 2.75) is 4.90 Å². The number of carbonyl (C=O) groups excluding carboxylic acids is 1. The molecular formula is C13H10FNO3S. The number of benzene rings is 2. The second-order valence-electron chi connectivity index (χ2n) is 3.75. The first-order valence-corrected chi connectivity index (χ1v) is 6.77. The highest BCUT2D eigenvalue weighted by Gasteiger charge is 2.21. The third kappa shape index (κ3) is 3.17. The van der Waals surface area contributed by atoms with E-state index in [1.807, 2.05) is 0 Å². The number of rotatable bonds is 3. The van der Waals surface area contributed by atoms with Crippen molar-refractivity contribution in [3.8, 4) is 0 Å². The molecule has 98 valence electrons. The van der Waals surface area contributed by atoms with Crippen LogP contribution in [0.1, 0.15) is 10.4 Å². The molecule has 4 nitrogen and oxygen atoms in total. The van der Waals surface area contributed by atoms with Crippen molar-refractivity contribution in [3.63, 3.8) is 0 Å². The lowest BCUT2D eigenvalue weighted by Gasteiger charge is -2.07. The average Bonchev–Trinajstić information content (AvgIpc) is 2.39. The van der Waals surface area contributed by atoms with Gasteiger partial charge in [-0.3, -0.25) is 4.79 Å². The Morgan fingerprint density at radius 1 is 0.947 bits per heavy atom. The normalized spacial score (nSPS) is 11.0. The van der Waals surface area contributed by atoms with Crippen molar-refractivity contribution >= 4 is 21.8 Å². The van der Waals surface area contributed by atoms with Crippen LogP contribution in [0.3, 0.4) is 0 Å². The van der Waals surface area contributed by atoms with Crippen molar-refractivity contribution in [1.29, 1.82) is 0 Å². The van der Waals surface area contributed by atoms with Gasteiger partial charge < -0.3 is 5.32 Å². The first-order valence-electron chi connectivity index (χ1n) is 5.38. The maximum atomic E-state index is 13.1. The highest BCUT2D eigenvalue weighted by Crippen LogP contribution is 2.19. The average molecular weight is 279 g/mol. The minimum Gasteiger partial charge on any atom is -0.322 e. The Morgan fingerprint density at radius 3 is 2.16 bits per heavy atom.